The van der Waals surface area contributed by atoms with Gasteiger partial charge in [-0.2, -0.15) is 0 Å². The molecule has 0 aliphatic rings. The maximum absolute atomic E-state index is 10.8. The zero-order chi connectivity index (χ0) is 9.26. The average Bonchev–Trinajstić information content (AvgIpc) is 2.55. The third kappa shape index (κ3) is 1.44. The fraction of sp³-hybridized carbons (Fsp3) is 0.100. The second kappa shape index (κ2) is 3.62. The van der Waals surface area contributed by atoms with Gasteiger partial charge in [-0.3, -0.25) is 0 Å². The number of carbonyl (C=O) groups excluding carboxylic acids is 1. The SMILES string of the molecule is C[Se]c1c(C=O)sc2ccccc12. The Morgan fingerprint density at radius 1 is 1.38 bits per heavy atom. The Hall–Kier alpha value is -0.631. The van der Waals surface area contributed by atoms with Crippen molar-refractivity contribution in [2.24, 2.45) is 0 Å². The third-order valence-electron chi connectivity index (χ3n) is 1.89. The van der Waals surface area contributed by atoms with Crippen LogP contribution in [0.25, 0.3) is 10.1 Å². The number of benzene rings is 1. The predicted octanol–water partition coefficient (Wildman–Crippen LogP) is 2.09. The van der Waals surface area contributed by atoms with Gasteiger partial charge >= 0.3 is 86.9 Å². The first kappa shape index (κ1) is 8.95. The van der Waals surface area contributed by atoms with Crippen molar-refractivity contribution in [2.45, 2.75) is 5.82 Å². The van der Waals surface area contributed by atoms with Crippen molar-refractivity contribution < 1.29 is 4.79 Å². The van der Waals surface area contributed by atoms with Crippen LogP contribution in [-0.2, 0) is 0 Å². The van der Waals surface area contributed by atoms with Gasteiger partial charge in [-0.25, -0.2) is 0 Å². The van der Waals surface area contributed by atoms with Crippen LogP contribution in [0.1, 0.15) is 9.67 Å². The minimum atomic E-state index is 0.399. The molecule has 0 atom stereocenters. The second-order valence-electron chi connectivity index (χ2n) is 2.61. The number of aldehydes is 1. The molecule has 1 aromatic heterocycles. The number of rotatable bonds is 2. The van der Waals surface area contributed by atoms with Crippen molar-refractivity contribution in [2.75, 3.05) is 0 Å². The normalized spacial score (nSPS) is 10.5. The van der Waals surface area contributed by atoms with Crippen LogP contribution in [0, 0.1) is 0 Å². The monoisotopic (exact) mass is 256 g/mol. The fourth-order valence-electron chi connectivity index (χ4n) is 1.33. The van der Waals surface area contributed by atoms with Crippen molar-refractivity contribution in [3.05, 3.63) is 29.1 Å². The molecule has 0 radical (unpaired) electrons. The summed E-state index contributed by atoms with van der Waals surface area (Å²) in [5, 5.41) is 1.26. The number of carbonyl (C=O) groups is 1. The Balaban J connectivity index is 2.81. The Labute approximate surface area is 86.9 Å². The Kier molecular flexibility index (Phi) is 2.49. The summed E-state index contributed by atoms with van der Waals surface area (Å²) < 4.78 is 2.48. The van der Waals surface area contributed by atoms with Gasteiger partial charge in [0, 0.05) is 0 Å². The summed E-state index contributed by atoms with van der Waals surface area (Å²) in [6.07, 6.45) is 0.977. The van der Waals surface area contributed by atoms with Gasteiger partial charge in [-0.1, -0.05) is 0 Å². The first-order valence-electron chi connectivity index (χ1n) is 3.87. The van der Waals surface area contributed by atoms with Crippen LogP contribution in [-0.4, -0.2) is 21.2 Å². The van der Waals surface area contributed by atoms with Crippen molar-refractivity contribution >= 4 is 47.1 Å². The molecule has 0 fully saturated rings. The number of hydrogen-bond acceptors (Lipinski definition) is 2. The zero-order valence-electron chi connectivity index (χ0n) is 7.11. The summed E-state index contributed by atoms with van der Waals surface area (Å²) >= 11 is 1.99. The van der Waals surface area contributed by atoms with Crippen molar-refractivity contribution in [3.8, 4) is 0 Å². The summed E-state index contributed by atoms with van der Waals surface area (Å²) in [6.45, 7) is 0. The number of thiophene rings is 1. The van der Waals surface area contributed by atoms with Gasteiger partial charge in [0.05, 0.1) is 0 Å². The molecule has 0 unspecified atom stereocenters. The van der Waals surface area contributed by atoms with Crippen LogP contribution < -0.4 is 4.46 Å². The molecule has 13 heavy (non-hydrogen) atoms. The second-order valence-corrected chi connectivity index (χ2v) is 5.41. The predicted molar refractivity (Wildman–Crippen MR) is 58.5 cm³/mol. The van der Waals surface area contributed by atoms with Crippen LogP contribution in [0.5, 0.6) is 0 Å². The van der Waals surface area contributed by atoms with E-state index >= 15 is 0 Å². The molecule has 0 aliphatic carbocycles. The van der Waals surface area contributed by atoms with E-state index < -0.39 is 0 Å². The van der Waals surface area contributed by atoms with Crippen LogP contribution in [0.15, 0.2) is 24.3 Å². The van der Waals surface area contributed by atoms with E-state index in [1.807, 2.05) is 12.1 Å². The van der Waals surface area contributed by atoms with Crippen LogP contribution >= 0.6 is 11.3 Å². The molecule has 0 amide bonds. The molecule has 3 heteroatoms. The minimum absolute atomic E-state index is 0.399. The molecule has 2 aromatic rings. The first-order chi connectivity index (χ1) is 6.36. The van der Waals surface area contributed by atoms with Crippen LogP contribution in [0.4, 0.5) is 0 Å². The zero-order valence-corrected chi connectivity index (χ0v) is 9.64. The van der Waals surface area contributed by atoms with Gasteiger partial charge < -0.3 is 0 Å². The van der Waals surface area contributed by atoms with Gasteiger partial charge in [-0.05, 0) is 0 Å². The van der Waals surface area contributed by atoms with E-state index in [9.17, 15) is 4.79 Å². The Morgan fingerprint density at radius 2 is 2.15 bits per heavy atom. The van der Waals surface area contributed by atoms with Crippen LogP contribution in [0.3, 0.4) is 0 Å². The third-order valence-corrected chi connectivity index (χ3v) is 5.05. The van der Waals surface area contributed by atoms with E-state index in [1.54, 1.807) is 11.3 Å². The van der Waals surface area contributed by atoms with Crippen molar-refractivity contribution in [3.63, 3.8) is 0 Å². The summed E-state index contributed by atoms with van der Waals surface area (Å²) in [6, 6.07) is 8.21. The van der Waals surface area contributed by atoms with Crippen molar-refractivity contribution in [1.29, 1.82) is 0 Å². The van der Waals surface area contributed by atoms with Crippen molar-refractivity contribution in [1.82, 2.24) is 0 Å². The summed E-state index contributed by atoms with van der Waals surface area (Å²) in [5.74, 6) is 2.15. The molecular formula is C10H8OSSe. The van der Waals surface area contributed by atoms with E-state index in [-0.39, 0.29) is 0 Å². The van der Waals surface area contributed by atoms with E-state index in [4.69, 9.17) is 0 Å². The fourth-order valence-corrected chi connectivity index (χ4v) is 4.44. The summed E-state index contributed by atoms with van der Waals surface area (Å²) in [5.41, 5.74) is 0. The Bertz CT molecular complexity index is 447. The molecule has 1 nitrogen and oxygen atoms in total. The standard InChI is InChI=1S/C10H8OSSe/c1-13-10-7-4-2-3-5-8(7)12-9(10)6-11/h2-6H,1H3. The molecule has 0 bridgehead atoms. The van der Waals surface area contributed by atoms with Gasteiger partial charge in [-0.15, -0.1) is 0 Å². The van der Waals surface area contributed by atoms with Gasteiger partial charge in [0.2, 0.25) is 0 Å². The number of fused-ring (bicyclic) bond motifs is 1. The maximum atomic E-state index is 10.8. The molecule has 0 spiro atoms. The van der Waals surface area contributed by atoms with Crippen LogP contribution in [0.2, 0.25) is 5.82 Å². The number of hydrogen-bond donors (Lipinski definition) is 0. The molecule has 66 valence electrons. The van der Waals surface area contributed by atoms with E-state index in [1.165, 1.54) is 14.5 Å². The molecule has 0 saturated carbocycles. The quantitative estimate of drug-likeness (QED) is 0.593. The van der Waals surface area contributed by atoms with E-state index in [2.05, 4.69) is 18.0 Å². The summed E-state index contributed by atoms with van der Waals surface area (Å²) in [4.78, 5) is 11.7. The van der Waals surface area contributed by atoms with E-state index in [0.717, 1.165) is 11.2 Å². The average molecular weight is 255 g/mol. The Morgan fingerprint density at radius 3 is 2.85 bits per heavy atom. The molecule has 1 aromatic carbocycles. The van der Waals surface area contributed by atoms with E-state index in [0.29, 0.717) is 15.0 Å². The molecular weight excluding hydrogens is 247 g/mol. The molecule has 0 aliphatic heterocycles. The topological polar surface area (TPSA) is 17.1 Å². The molecule has 2 rings (SSSR count). The van der Waals surface area contributed by atoms with Gasteiger partial charge in [0.25, 0.3) is 0 Å². The molecule has 1 heterocycles. The molecule has 0 saturated heterocycles. The first-order valence-corrected chi connectivity index (χ1v) is 7.26. The van der Waals surface area contributed by atoms with Gasteiger partial charge in [0.15, 0.2) is 0 Å². The summed E-state index contributed by atoms with van der Waals surface area (Å²) in [7, 11) is 0. The van der Waals surface area contributed by atoms with Gasteiger partial charge in [0.1, 0.15) is 0 Å². The molecule has 0 N–H and O–H groups in total.